The first-order valence-electron chi connectivity index (χ1n) is 8.07. The molecule has 2 rings (SSSR count). The molecule has 3 amide bonds. The monoisotopic (exact) mass is 328 g/mol. The second kappa shape index (κ2) is 6.91. The molecule has 1 N–H and O–H groups in total. The molecule has 1 aliphatic rings. The summed E-state index contributed by atoms with van der Waals surface area (Å²) in [5.41, 5.74) is 0.978. The molecule has 6 heteroatoms. The summed E-state index contributed by atoms with van der Waals surface area (Å²) in [6, 6.07) is 8.84. The minimum Gasteiger partial charge on any atom is -0.347 e. The maximum Gasteiger partial charge on any atom is 0.322 e. The van der Waals surface area contributed by atoms with Crippen molar-refractivity contribution < 1.29 is 9.59 Å². The number of carbonyl (C=O) groups is 2. The summed E-state index contributed by atoms with van der Waals surface area (Å²) < 4.78 is 0. The van der Waals surface area contributed by atoms with Gasteiger partial charge in [0.25, 0.3) is 0 Å². The highest BCUT2D eigenvalue weighted by Crippen LogP contribution is 2.24. The van der Waals surface area contributed by atoms with Crippen molar-refractivity contribution in [2.75, 3.05) is 26.0 Å². The quantitative estimate of drug-likeness (QED) is 0.926. The lowest BCUT2D eigenvalue weighted by Gasteiger charge is -2.26. The maximum absolute atomic E-state index is 12.5. The van der Waals surface area contributed by atoms with Crippen LogP contribution in [0.4, 0.5) is 10.5 Å². The zero-order valence-corrected chi connectivity index (χ0v) is 14.7. The fraction of sp³-hybridized carbons (Fsp3) is 0.500. The largest absolute Gasteiger partial charge is 0.347 e. The minimum atomic E-state index is -0.569. The van der Waals surface area contributed by atoms with Crippen molar-refractivity contribution in [2.24, 2.45) is 0 Å². The Hall–Kier alpha value is -2.55. The number of hydrogen-bond acceptors (Lipinski definition) is 3. The van der Waals surface area contributed by atoms with Crippen molar-refractivity contribution in [2.45, 2.75) is 38.1 Å². The van der Waals surface area contributed by atoms with Crippen LogP contribution in [0.2, 0.25) is 0 Å². The smallest absolute Gasteiger partial charge is 0.322 e. The highest BCUT2D eigenvalue weighted by Gasteiger charge is 2.35. The summed E-state index contributed by atoms with van der Waals surface area (Å²) in [5, 5.41) is 12.0. The normalized spacial score (nSPS) is 17.3. The van der Waals surface area contributed by atoms with Gasteiger partial charge in [-0.25, -0.2) is 4.79 Å². The number of benzene rings is 1. The Bertz CT molecular complexity index is 659. The molecule has 0 saturated carbocycles. The van der Waals surface area contributed by atoms with Crippen molar-refractivity contribution in [3.8, 4) is 6.07 Å². The Morgan fingerprint density at radius 1 is 1.29 bits per heavy atom. The van der Waals surface area contributed by atoms with Gasteiger partial charge in [-0.05, 0) is 44.4 Å². The van der Waals surface area contributed by atoms with Crippen molar-refractivity contribution in [3.63, 3.8) is 0 Å². The first kappa shape index (κ1) is 17.8. The SMILES string of the molecule is CN(C)C(=O)[C@@H]1CCCN1C(=O)Nc1ccc(C(C)(C)C#N)cc1. The van der Waals surface area contributed by atoms with Gasteiger partial charge in [0.2, 0.25) is 5.91 Å². The second-order valence-electron chi connectivity index (χ2n) is 6.83. The van der Waals surface area contributed by atoms with Crippen LogP contribution in [-0.4, -0.2) is 48.4 Å². The number of nitrogens with zero attached hydrogens (tertiary/aromatic N) is 3. The third-order valence-corrected chi connectivity index (χ3v) is 4.38. The number of anilines is 1. The van der Waals surface area contributed by atoms with Crippen LogP contribution in [0.15, 0.2) is 24.3 Å². The van der Waals surface area contributed by atoms with Gasteiger partial charge < -0.3 is 15.1 Å². The molecular formula is C18H24N4O2. The van der Waals surface area contributed by atoms with Crippen molar-refractivity contribution in [3.05, 3.63) is 29.8 Å². The number of likely N-dealkylation sites (tertiary alicyclic amines) is 1. The summed E-state index contributed by atoms with van der Waals surface area (Å²) in [4.78, 5) is 27.8. The summed E-state index contributed by atoms with van der Waals surface area (Å²) in [5.74, 6) is -0.0474. The van der Waals surface area contributed by atoms with E-state index in [0.717, 1.165) is 12.0 Å². The Balaban J connectivity index is 2.07. The van der Waals surface area contributed by atoms with Crippen LogP contribution in [0.3, 0.4) is 0 Å². The minimum absolute atomic E-state index is 0.0474. The van der Waals surface area contributed by atoms with Gasteiger partial charge in [0.15, 0.2) is 0 Å². The van der Waals surface area contributed by atoms with Gasteiger partial charge in [0.1, 0.15) is 6.04 Å². The Labute approximate surface area is 143 Å². The number of amides is 3. The third-order valence-electron chi connectivity index (χ3n) is 4.38. The lowest BCUT2D eigenvalue weighted by Crippen LogP contribution is -2.47. The summed E-state index contributed by atoms with van der Waals surface area (Å²) >= 11 is 0. The van der Waals surface area contributed by atoms with E-state index >= 15 is 0 Å². The summed E-state index contributed by atoms with van der Waals surface area (Å²) in [7, 11) is 3.40. The molecule has 128 valence electrons. The predicted molar refractivity (Wildman–Crippen MR) is 92.5 cm³/mol. The van der Waals surface area contributed by atoms with E-state index in [1.54, 1.807) is 31.1 Å². The number of carbonyl (C=O) groups excluding carboxylic acids is 2. The van der Waals surface area contributed by atoms with Gasteiger partial charge in [-0.1, -0.05) is 12.1 Å². The van der Waals surface area contributed by atoms with E-state index < -0.39 is 11.5 Å². The number of rotatable bonds is 3. The van der Waals surface area contributed by atoms with E-state index in [1.165, 1.54) is 4.90 Å². The first-order valence-corrected chi connectivity index (χ1v) is 8.07. The first-order chi connectivity index (χ1) is 11.3. The number of nitriles is 1. The molecule has 0 radical (unpaired) electrons. The van der Waals surface area contributed by atoms with E-state index in [1.807, 2.05) is 26.0 Å². The summed E-state index contributed by atoms with van der Waals surface area (Å²) in [6.45, 7) is 4.28. The van der Waals surface area contributed by atoms with Gasteiger partial charge >= 0.3 is 6.03 Å². The van der Waals surface area contributed by atoms with Crippen LogP contribution in [0.1, 0.15) is 32.3 Å². The van der Waals surface area contributed by atoms with Crippen molar-refractivity contribution >= 4 is 17.6 Å². The molecule has 6 nitrogen and oxygen atoms in total. The topological polar surface area (TPSA) is 76.4 Å². The molecule has 1 heterocycles. The van der Waals surface area contributed by atoms with Crippen LogP contribution in [0, 0.1) is 11.3 Å². The average molecular weight is 328 g/mol. The molecule has 1 aliphatic heterocycles. The van der Waals surface area contributed by atoms with E-state index in [9.17, 15) is 9.59 Å². The fourth-order valence-corrected chi connectivity index (χ4v) is 2.79. The zero-order chi connectivity index (χ0) is 17.9. The molecule has 0 aromatic heterocycles. The molecule has 1 saturated heterocycles. The molecular weight excluding hydrogens is 304 g/mol. The molecule has 0 spiro atoms. The summed E-state index contributed by atoms with van der Waals surface area (Å²) in [6.07, 6.45) is 1.52. The number of nitrogens with one attached hydrogen (secondary N) is 1. The maximum atomic E-state index is 12.5. The van der Waals surface area contributed by atoms with Crippen molar-refractivity contribution in [1.82, 2.24) is 9.80 Å². The highest BCUT2D eigenvalue weighted by molar-refractivity contribution is 5.94. The number of likely N-dealkylation sites (N-methyl/N-ethyl adjacent to an activating group) is 1. The van der Waals surface area contributed by atoms with E-state index in [0.29, 0.717) is 18.7 Å². The second-order valence-corrected chi connectivity index (χ2v) is 6.83. The van der Waals surface area contributed by atoms with Crippen molar-refractivity contribution in [1.29, 1.82) is 5.26 Å². The van der Waals surface area contributed by atoms with E-state index in [2.05, 4.69) is 11.4 Å². The van der Waals surface area contributed by atoms with Crippen LogP contribution < -0.4 is 5.32 Å². The van der Waals surface area contributed by atoms with Gasteiger partial charge in [-0.15, -0.1) is 0 Å². The van der Waals surface area contributed by atoms with Crippen LogP contribution in [-0.2, 0) is 10.2 Å². The lowest BCUT2D eigenvalue weighted by atomic mass is 9.86. The molecule has 0 aliphatic carbocycles. The van der Waals surface area contributed by atoms with Gasteiger partial charge in [-0.3, -0.25) is 4.79 Å². The van der Waals surface area contributed by atoms with Crippen LogP contribution >= 0.6 is 0 Å². The van der Waals surface area contributed by atoms with Crippen LogP contribution in [0.25, 0.3) is 0 Å². The molecule has 1 fully saturated rings. The molecule has 1 aromatic carbocycles. The van der Waals surface area contributed by atoms with Gasteiger partial charge in [0.05, 0.1) is 11.5 Å². The lowest BCUT2D eigenvalue weighted by molar-refractivity contribution is -0.132. The number of hydrogen-bond donors (Lipinski definition) is 1. The Kier molecular flexibility index (Phi) is 5.13. The van der Waals surface area contributed by atoms with E-state index in [4.69, 9.17) is 5.26 Å². The standard InChI is InChI=1S/C18H24N4O2/c1-18(2,12-19)13-7-9-14(10-8-13)20-17(24)22-11-5-6-15(22)16(23)21(3)4/h7-10,15H,5-6,11H2,1-4H3,(H,20,24)/t15-/m0/s1. The fourth-order valence-electron chi connectivity index (χ4n) is 2.79. The average Bonchev–Trinajstić information content (AvgIpc) is 3.04. The zero-order valence-electron chi connectivity index (χ0n) is 14.7. The van der Waals surface area contributed by atoms with Gasteiger partial charge in [-0.2, -0.15) is 5.26 Å². The molecule has 1 atom stereocenters. The Morgan fingerprint density at radius 2 is 1.92 bits per heavy atom. The van der Waals surface area contributed by atoms with Crippen LogP contribution in [0.5, 0.6) is 0 Å². The third kappa shape index (κ3) is 3.67. The van der Waals surface area contributed by atoms with Gasteiger partial charge in [0, 0.05) is 26.3 Å². The van der Waals surface area contributed by atoms with E-state index in [-0.39, 0.29) is 11.9 Å². The predicted octanol–water partition coefficient (Wildman–Crippen LogP) is 2.57. The molecule has 24 heavy (non-hydrogen) atoms. The Morgan fingerprint density at radius 3 is 2.46 bits per heavy atom. The highest BCUT2D eigenvalue weighted by atomic mass is 16.2. The number of urea groups is 1. The molecule has 1 aromatic rings. The molecule has 0 bridgehead atoms. The molecule has 0 unspecified atom stereocenters.